The number of allylic oxidation sites excluding steroid dienone is 2. The molecule has 321 valence electrons. The van der Waals surface area contributed by atoms with Crippen LogP contribution in [0.5, 0.6) is 0 Å². The Hall–Kier alpha value is -3.75. The number of aromatic nitrogens is 5. The summed E-state index contributed by atoms with van der Waals surface area (Å²) in [6, 6.07) is 14.8. The number of hydrogen-bond acceptors (Lipinski definition) is 10. The Morgan fingerprint density at radius 3 is 2.39 bits per heavy atom. The average Bonchev–Trinajstić information content (AvgIpc) is 4.09. The molecule has 4 aromatic rings. The molecule has 1 aromatic carbocycles. The van der Waals surface area contributed by atoms with E-state index in [1.165, 1.54) is 91.5 Å². The monoisotopic (exact) mass is 990 g/mol. The van der Waals surface area contributed by atoms with Crippen molar-refractivity contribution in [3.63, 3.8) is 0 Å². The molecular formula is C47H60Cl2N11Nd. The Morgan fingerprint density at radius 2 is 1.77 bits per heavy atom. The van der Waals surface area contributed by atoms with Gasteiger partial charge in [0.25, 0.3) is 0 Å². The van der Waals surface area contributed by atoms with Gasteiger partial charge in [0.2, 0.25) is 0 Å². The van der Waals surface area contributed by atoms with E-state index in [9.17, 15) is 0 Å². The van der Waals surface area contributed by atoms with Gasteiger partial charge in [-0.3, -0.25) is 0 Å². The van der Waals surface area contributed by atoms with E-state index in [0.717, 1.165) is 49.5 Å². The van der Waals surface area contributed by atoms with Crippen LogP contribution in [-0.4, -0.2) is 50.5 Å². The molecule has 2 unspecified atom stereocenters. The van der Waals surface area contributed by atoms with Crippen molar-refractivity contribution in [2.24, 2.45) is 5.92 Å². The summed E-state index contributed by atoms with van der Waals surface area (Å²) in [5.74, 6) is 1.81. The molecule has 61 heavy (non-hydrogen) atoms. The largest absolute Gasteiger partial charge is 3.00 e. The van der Waals surface area contributed by atoms with Gasteiger partial charge in [0.1, 0.15) is 29.9 Å². The number of anilines is 4. The van der Waals surface area contributed by atoms with Crippen molar-refractivity contribution in [2.45, 2.75) is 102 Å². The first-order chi connectivity index (χ1) is 29.3. The van der Waals surface area contributed by atoms with E-state index in [-0.39, 0.29) is 52.8 Å². The smallest absolute Gasteiger partial charge is 0.403 e. The number of fused-ring (bicyclic) bond motifs is 2. The van der Waals surface area contributed by atoms with Crippen LogP contribution in [0.3, 0.4) is 0 Å². The van der Waals surface area contributed by atoms with Crippen molar-refractivity contribution in [3.8, 4) is 17.8 Å². The molecule has 2 saturated heterocycles. The Morgan fingerprint density at radius 1 is 1.02 bits per heavy atom. The molecular weight excluding hydrogens is 934 g/mol. The predicted molar refractivity (Wildman–Crippen MR) is 247 cm³/mol. The number of hydrogen-bond donors (Lipinski definition) is 3. The van der Waals surface area contributed by atoms with Crippen LogP contribution in [0.2, 0.25) is 5.02 Å². The fraction of sp³-hybridized carbons (Fsp3) is 0.426. The van der Waals surface area contributed by atoms with Crippen molar-refractivity contribution < 1.29 is 40.8 Å². The van der Waals surface area contributed by atoms with Crippen LogP contribution in [0.1, 0.15) is 101 Å². The van der Waals surface area contributed by atoms with Gasteiger partial charge in [-0.1, -0.05) is 87.9 Å². The summed E-state index contributed by atoms with van der Waals surface area (Å²) < 4.78 is 1.53. The van der Waals surface area contributed by atoms with Gasteiger partial charge in [-0.25, -0.2) is 14.6 Å². The van der Waals surface area contributed by atoms with Gasteiger partial charge < -0.3 is 41.1 Å². The van der Waals surface area contributed by atoms with E-state index in [2.05, 4.69) is 104 Å². The van der Waals surface area contributed by atoms with E-state index in [1.807, 2.05) is 26.0 Å². The SMILES string of the molecule is C=C1CCC2(CCc3cc(N4CC[CH-]C4C[CH2-])ccc32)C(=C)N1.CC.CCl.N#CCNc1cc(Nc2ncc(C#N)cc2Cl)ncc1-n1ccnn1.[CH2-]CC1CCCCC1.[Nd+3]. The Balaban J connectivity index is 0.000000255. The van der Waals surface area contributed by atoms with Gasteiger partial charge in [0, 0.05) is 41.1 Å². The molecule has 2 atom stereocenters. The zero-order chi connectivity index (χ0) is 43.5. The first-order valence-corrected chi connectivity index (χ1v) is 22.1. The average molecular weight is 994 g/mol. The first-order valence-electron chi connectivity index (χ1n) is 20.9. The van der Waals surface area contributed by atoms with Crippen molar-refractivity contribution in [1.29, 1.82) is 10.5 Å². The van der Waals surface area contributed by atoms with Gasteiger partial charge in [0.15, 0.2) is 0 Å². The topological polar surface area (TPSA) is 143 Å². The number of nitrogens with one attached hydrogen (secondary N) is 3. The minimum Gasteiger partial charge on any atom is -0.403 e. The maximum Gasteiger partial charge on any atom is 3.00 e. The number of benzene rings is 1. The van der Waals surface area contributed by atoms with Crippen LogP contribution < -0.4 is 20.9 Å². The van der Waals surface area contributed by atoms with Crippen LogP contribution in [0.25, 0.3) is 5.69 Å². The summed E-state index contributed by atoms with van der Waals surface area (Å²) >= 11 is 10.7. The van der Waals surface area contributed by atoms with E-state index in [4.69, 9.17) is 22.1 Å². The zero-order valence-corrected chi connectivity index (χ0v) is 40.7. The van der Waals surface area contributed by atoms with Crippen LogP contribution >= 0.6 is 23.2 Å². The maximum atomic E-state index is 8.85. The van der Waals surface area contributed by atoms with Crippen molar-refractivity contribution in [3.05, 3.63) is 122 Å². The van der Waals surface area contributed by atoms with Gasteiger partial charge in [-0.15, -0.1) is 22.7 Å². The molecule has 1 spiro atoms. The number of alkyl halides is 1. The normalized spacial score (nSPS) is 18.6. The fourth-order valence-electron chi connectivity index (χ4n) is 8.19. The van der Waals surface area contributed by atoms with E-state index >= 15 is 0 Å². The number of rotatable bonds is 8. The molecule has 4 aliphatic rings. The standard InChI is InChI=1S/C21H26N2.C15H10ClN9.C8H15.C2H6.CH3Cl.Nd/c1-4-18-6-5-13-23(18)19-7-8-20-17(14-19)10-12-21(20)11-9-15(2)22-16(21)3;16-11-5-10(7-18)8-21-15(11)23-14-6-12(19-2-1-17)13(9-20-14)25-4-3-22-24-25;1-2-8-6-4-3-5-7-8;2*1-2;/h6-8,14,18,22H,1-5,9-13H2;3-6,8-9H,2H2,(H2,19,20,21,23);8H,1-7H2;1-2H3;1H3;/q-2;;-1;;;+3. The number of aryl methyl sites for hydroxylation is 1. The summed E-state index contributed by atoms with van der Waals surface area (Å²) in [5, 5.41) is 35.0. The molecule has 3 aromatic heterocycles. The summed E-state index contributed by atoms with van der Waals surface area (Å²) in [5.41, 5.74) is 8.36. The Bertz CT molecular complexity index is 2070. The minimum atomic E-state index is 0. The van der Waals surface area contributed by atoms with E-state index < -0.39 is 0 Å². The van der Waals surface area contributed by atoms with E-state index in [0.29, 0.717) is 39.6 Å². The Labute approximate surface area is 407 Å². The third kappa shape index (κ3) is 13.6. The van der Waals surface area contributed by atoms with Gasteiger partial charge in [-0.2, -0.15) is 29.8 Å². The van der Waals surface area contributed by atoms with Crippen molar-refractivity contribution in [2.75, 3.05) is 35.0 Å². The second-order valence-electron chi connectivity index (χ2n) is 14.7. The van der Waals surface area contributed by atoms with Gasteiger partial charge >= 0.3 is 40.8 Å². The van der Waals surface area contributed by atoms with Crippen molar-refractivity contribution >= 4 is 46.2 Å². The molecule has 14 heteroatoms. The summed E-state index contributed by atoms with van der Waals surface area (Å²) in [6.07, 6.45) is 25.2. The number of nitrogens with zero attached hydrogens (tertiary/aromatic N) is 8. The van der Waals surface area contributed by atoms with E-state index in [1.54, 1.807) is 24.7 Å². The number of pyridine rings is 2. The quantitative estimate of drug-likeness (QED) is 0.0887. The molecule has 8 rings (SSSR count). The van der Waals surface area contributed by atoms with Crippen LogP contribution in [0.4, 0.5) is 23.0 Å². The Kier molecular flexibility index (Phi) is 22.6. The van der Waals surface area contributed by atoms with Crippen LogP contribution in [0, 0.1) is 89.7 Å². The molecule has 0 bridgehead atoms. The molecule has 3 fully saturated rings. The maximum absolute atomic E-state index is 8.85. The molecule has 0 amide bonds. The summed E-state index contributed by atoms with van der Waals surface area (Å²) in [4.78, 5) is 10.9. The van der Waals surface area contributed by atoms with Gasteiger partial charge in [0.05, 0.1) is 40.9 Å². The zero-order valence-electron chi connectivity index (χ0n) is 36.0. The molecule has 11 nitrogen and oxygen atoms in total. The first kappa shape index (κ1) is 51.6. The number of halogens is 2. The predicted octanol–water partition coefficient (Wildman–Crippen LogP) is 11.2. The number of piperidine rings is 1. The molecule has 5 heterocycles. The van der Waals surface area contributed by atoms with Crippen LogP contribution in [0.15, 0.2) is 79.7 Å². The molecule has 3 N–H and O–H groups in total. The number of nitriles is 2. The van der Waals surface area contributed by atoms with Crippen LogP contribution in [-0.2, 0) is 11.8 Å². The second-order valence-corrected chi connectivity index (χ2v) is 15.1. The second kappa shape index (κ2) is 26.7. The molecule has 1 saturated carbocycles. The molecule has 2 aliphatic carbocycles. The summed E-state index contributed by atoms with van der Waals surface area (Å²) in [6.45, 7) is 21.6. The van der Waals surface area contributed by atoms with Gasteiger partial charge in [-0.05, 0) is 61.6 Å². The minimum absolute atomic E-state index is 0. The third-order valence-corrected chi connectivity index (χ3v) is 11.6. The fourth-order valence-corrected chi connectivity index (χ4v) is 8.41. The molecule has 2 aliphatic heterocycles. The molecule has 1 radical (unpaired) electrons. The van der Waals surface area contributed by atoms with Crippen molar-refractivity contribution in [1.82, 2.24) is 30.3 Å². The third-order valence-electron chi connectivity index (χ3n) is 11.3. The summed E-state index contributed by atoms with van der Waals surface area (Å²) in [7, 11) is 0.